The molecule has 0 spiro atoms. The summed E-state index contributed by atoms with van der Waals surface area (Å²) in [7, 11) is 0. The van der Waals surface area contributed by atoms with Crippen LogP contribution in [0.1, 0.15) is 50.3 Å². The highest BCUT2D eigenvalue weighted by Gasteiger charge is 2.22. The molecule has 0 aromatic heterocycles. The first-order chi connectivity index (χ1) is 16.6. The lowest BCUT2D eigenvalue weighted by atomic mass is 10.0. The van der Waals surface area contributed by atoms with Gasteiger partial charge in [-0.05, 0) is 56.9 Å². The Morgan fingerprint density at radius 3 is 2.29 bits per heavy atom. The van der Waals surface area contributed by atoms with Crippen molar-refractivity contribution in [2.24, 2.45) is 5.73 Å². The van der Waals surface area contributed by atoms with Gasteiger partial charge in [0.1, 0.15) is 18.2 Å². The van der Waals surface area contributed by atoms with Crippen molar-refractivity contribution in [1.29, 1.82) is 0 Å². The third-order valence-corrected chi connectivity index (χ3v) is 4.67. The number of carbonyl (C=O) groups excluding carboxylic acids is 3. The van der Waals surface area contributed by atoms with Crippen molar-refractivity contribution < 1.29 is 23.9 Å². The topological polar surface area (TPSA) is 120 Å². The Balaban J connectivity index is 1.71. The molecule has 1 atom stereocenters. The van der Waals surface area contributed by atoms with Crippen LogP contribution in [0.2, 0.25) is 0 Å². The number of benzene rings is 2. The number of aryl methyl sites for hydroxylation is 1. The Bertz CT molecular complexity index is 1030. The van der Waals surface area contributed by atoms with Crippen LogP contribution in [-0.2, 0) is 27.3 Å². The third kappa shape index (κ3) is 11.6. The zero-order valence-corrected chi connectivity index (χ0v) is 20.4. The molecular formula is C27H33N3O5. The Hall–Kier alpha value is -3.99. The van der Waals surface area contributed by atoms with Crippen molar-refractivity contribution in [3.05, 3.63) is 71.3 Å². The van der Waals surface area contributed by atoms with Crippen LogP contribution in [0.5, 0.6) is 0 Å². The Morgan fingerprint density at radius 1 is 0.971 bits per heavy atom. The molecule has 0 fully saturated rings. The van der Waals surface area contributed by atoms with Crippen LogP contribution in [0.4, 0.5) is 9.59 Å². The van der Waals surface area contributed by atoms with Gasteiger partial charge < -0.3 is 25.8 Å². The summed E-state index contributed by atoms with van der Waals surface area (Å²) in [6.07, 6.45) is 0.234. The molecule has 186 valence electrons. The van der Waals surface area contributed by atoms with E-state index in [-0.39, 0.29) is 6.61 Å². The van der Waals surface area contributed by atoms with Gasteiger partial charge in [-0.25, -0.2) is 9.59 Å². The Morgan fingerprint density at radius 2 is 1.66 bits per heavy atom. The normalized spacial score (nSPS) is 11.4. The summed E-state index contributed by atoms with van der Waals surface area (Å²) in [4.78, 5) is 35.3. The third-order valence-electron chi connectivity index (χ3n) is 4.67. The first kappa shape index (κ1) is 27.3. The highest BCUT2D eigenvalue weighted by Crippen LogP contribution is 2.10. The largest absolute Gasteiger partial charge is 0.445 e. The van der Waals surface area contributed by atoms with Crippen LogP contribution in [0.25, 0.3) is 0 Å². The van der Waals surface area contributed by atoms with E-state index < -0.39 is 29.7 Å². The van der Waals surface area contributed by atoms with E-state index in [2.05, 4.69) is 22.5 Å². The van der Waals surface area contributed by atoms with Crippen LogP contribution >= 0.6 is 0 Å². The molecule has 0 aliphatic carbocycles. The van der Waals surface area contributed by atoms with Crippen molar-refractivity contribution in [1.82, 2.24) is 10.6 Å². The average molecular weight is 480 g/mol. The van der Waals surface area contributed by atoms with Gasteiger partial charge in [-0.1, -0.05) is 54.3 Å². The van der Waals surface area contributed by atoms with Crippen LogP contribution in [0.15, 0.2) is 54.6 Å². The molecule has 8 heteroatoms. The van der Waals surface area contributed by atoms with Crippen LogP contribution in [-0.4, -0.2) is 36.3 Å². The number of primary amides is 1. The maximum atomic E-state index is 11.9. The van der Waals surface area contributed by atoms with E-state index in [4.69, 9.17) is 15.2 Å². The molecule has 3 amide bonds. The first-order valence-corrected chi connectivity index (χ1v) is 11.4. The minimum atomic E-state index is -0.823. The van der Waals surface area contributed by atoms with Crippen molar-refractivity contribution in [3.8, 4) is 11.8 Å². The van der Waals surface area contributed by atoms with E-state index in [1.807, 2.05) is 54.6 Å². The van der Waals surface area contributed by atoms with Crippen molar-refractivity contribution in [2.45, 2.75) is 58.3 Å². The molecule has 2 aromatic rings. The summed E-state index contributed by atoms with van der Waals surface area (Å²) in [5, 5.41) is 5.19. The quantitative estimate of drug-likeness (QED) is 0.374. The minimum absolute atomic E-state index is 0.224. The molecule has 0 unspecified atom stereocenters. The lowest BCUT2D eigenvalue weighted by Gasteiger charge is -2.22. The van der Waals surface area contributed by atoms with Gasteiger partial charge in [0.05, 0.1) is 0 Å². The van der Waals surface area contributed by atoms with Gasteiger partial charge in [-0.2, -0.15) is 0 Å². The lowest BCUT2D eigenvalue weighted by molar-refractivity contribution is -0.120. The number of alkyl carbamates (subject to hydrolysis) is 2. The monoisotopic (exact) mass is 479 g/mol. The van der Waals surface area contributed by atoms with Gasteiger partial charge in [0, 0.05) is 18.5 Å². The van der Waals surface area contributed by atoms with E-state index in [0.717, 1.165) is 16.7 Å². The number of rotatable bonds is 9. The first-order valence-electron chi connectivity index (χ1n) is 11.4. The summed E-state index contributed by atoms with van der Waals surface area (Å²) >= 11 is 0. The second-order valence-electron chi connectivity index (χ2n) is 8.88. The summed E-state index contributed by atoms with van der Waals surface area (Å²) in [5.74, 6) is 5.44. The van der Waals surface area contributed by atoms with E-state index in [1.54, 1.807) is 20.8 Å². The van der Waals surface area contributed by atoms with Crippen LogP contribution < -0.4 is 16.4 Å². The second-order valence-corrected chi connectivity index (χ2v) is 8.88. The molecule has 35 heavy (non-hydrogen) atoms. The highest BCUT2D eigenvalue weighted by molar-refractivity contribution is 5.84. The summed E-state index contributed by atoms with van der Waals surface area (Å²) in [6, 6.07) is 16.2. The van der Waals surface area contributed by atoms with Gasteiger partial charge in [0.25, 0.3) is 0 Å². The van der Waals surface area contributed by atoms with Crippen LogP contribution in [0.3, 0.4) is 0 Å². The lowest BCUT2D eigenvalue weighted by Crippen LogP contribution is -2.46. The molecule has 8 nitrogen and oxygen atoms in total. The van der Waals surface area contributed by atoms with Gasteiger partial charge in [-0.3, -0.25) is 4.79 Å². The minimum Gasteiger partial charge on any atom is -0.445 e. The van der Waals surface area contributed by atoms with E-state index in [0.29, 0.717) is 25.8 Å². The number of nitrogens with one attached hydrogen (secondary N) is 2. The molecule has 0 heterocycles. The van der Waals surface area contributed by atoms with Gasteiger partial charge in [0.15, 0.2) is 0 Å². The molecular weight excluding hydrogens is 446 g/mol. The molecule has 0 saturated heterocycles. The summed E-state index contributed by atoms with van der Waals surface area (Å²) in [5.41, 5.74) is 7.50. The molecule has 0 radical (unpaired) electrons. The number of nitrogens with two attached hydrogens (primary N) is 1. The van der Waals surface area contributed by atoms with Crippen molar-refractivity contribution >= 4 is 18.1 Å². The summed E-state index contributed by atoms with van der Waals surface area (Å²) < 4.78 is 10.3. The smallest absolute Gasteiger partial charge is 0.408 e. The van der Waals surface area contributed by atoms with Gasteiger partial charge in [-0.15, -0.1) is 0 Å². The number of hydrogen-bond acceptors (Lipinski definition) is 5. The predicted molar refractivity (Wildman–Crippen MR) is 133 cm³/mol. The number of amides is 3. The fourth-order valence-corrected chi connectivity index (χ4v) is 2.97. The van der Waals surface area contributed by atoms with E-state index >= 15 is 0 Å². The van der Waals surface area contributed by atoms with E-state index in [1.165, 1.54) is 0 Å². The molecule has 2 rings (SSSR count). The highest BCUT2D eigenvalue weighted by atomic mass is 16.6. The SMILES string of the molecule is CC(C)(C)OC(=O)N[C@@H](CCc1ccc(C#CCCNC(=O)OCc2ccccc2)cc1)C(N)=O. The number of carbonyl (C=O) groups is 3. The second kappa shape index (κ2) is 13.7. The summed E-state index contributed by atoms with van der Waals surface area (Å²) in [6.45, 7) is 5.84. The molecule has 0 aliphatic rings. The molecule has 0 aliphatic heterocycles. The average Bonchev–Trinajstić information content (AvgIpc) is 2.80. The maximum absolute atomic E-state index is 11.9. The maximum Gasteiger partial charge on any atom is 0.408 e. The van der Waals surface area contributed by atoms with E-state index in [9.17, 15) is 14.4 Å². The fraction of sp³-hybridized carbons (Fsp3) is 0.370. The van der Waals surface area contributed by atoms with Crippen molar-refractivity contribution in [2.75, 3.05) is 6.54 Å². The molecule has 0 saturated carbocycles. The number of hydrogen-bond donors (Lipinski definition) is 3. The fourth-order valence-electron chi connectivity index (χ4n) is 2.97. The standard InChI is InChI=1S/C27H33N3O5/c1-27(2,3)35-26(33)30-23(24(28)31)17-16-21-14-12-20(13-15-21)9-7-8-18-29-25(32)34-19-22-10-5-4-6-11-22/h4-6,10-15,23H,8,16-19H2,1-3H3,(H2,28,31)(H,29,32)(H,30,33)/t23-/m0/s1. The predicted octanol–water partition coefficient (Wildman–Crippen LogP) is 3.67. The van der Waals surface area contributed by atoms with Crippen molar-refractivity contribution in [3.63, 3.8) is 0 Å². The Labute approximate surface area is 206 Å². The zero-order valence-electron chi connectivity index (χ0n) is 20.4. The van der Waals surface area contributed by atoms with Crippen LogP contribution in [0, 0.1) is 11.8 Å². The molecule has 2 aromatic carbocycles. The molecule has 0 bridgehead atoms. The zero-order chi connectivity index (χ0) is 25.7. The van der Waals surface area contributed by atoms with Gasteiger partial charge in [0.2, 0.25) is 5.91 Å². The molecule has 4 N–H and O–H groups in total. The number of ether oxygens (including phenoxy) is 2. The Kier molecular flexibility index (Phi) is 10.6. The van der Waals surface area contributed by atoms with Gasteiger partial charge >= 0.3 is 12.2 Å².